The summed E-state index contributed by atoms with van der Waals surface area (Å²) in [6.07, 6.45) is 9.67. The molecule has 0 spiro atoms. The standard InChI is InChI=1S/C26H42N2O5S/c1-4-5-13-22(24(29)18-34-17-21-12-9-14-32-21)27-25(30)23(15-19(2)3)28-26(31)33-16-20-10-7-6-8-11-20/h9,12,14,19-20,22-23H,4-8,10-11,13,15-18H2,1-3H3,(H,27,30)(H,28,31). The number of alkyl carbamates (subject to hydrolysis) is 1. The van der Waals surface area contributed by atoms with Crippen molar-refractivity contribution in [3.05, 3.63) is 24.2 Å². The summed E-state index contributed by atoms with van der Waals surface area (Å²) < 4.78 is 10.8. The third-order valence-corrected chi connectivity index (χ3v) is 7.09. The zero-order valence-electron chi connectivity index (χ0n) is 21.0. The minimum Gasteiger partial charge on any atom is -0.468 e. The van der Waals surface area contributed by atoms with Crippen LogP contribution < -0.4 is 10.6 Å². The Hall–Kier alpha value is -1.96. The summed E-state index contributed by atoms with van der Waals surface area (Å²) in [5, 5.41) is 5.66. The maximum absolute atomic E-state index is 13.1. The minimum absolute atomic E-state index is 0.0125. The Labute approximate surface area is 208 Å². The van der Waals surface area contributed by atoms with Crippen LogP contribution in [0, 0.1) is 11.8 Å². The molecule has 8 heteroatoms. The molecule has 7 nitrogen and oxygen atoms in total. The second kappa shape index (κ2) is 15.8. The Balaban J connectivity index is 1.89. The average molecular weight is 495 g/mol. The van der Waals surface area contributed by atoms with Crippen LogP contribution in [0.25, 0.3) is 0 Å². The first-order chi connectivity index (χ1) is 16.4. The van der Waals surface area contributed by atoms with Gasteiger partial charge in [0.05, 0.1) is 30.4 Å². The SMILES string of the molecule is CCCCC(NC(=O)C(CC(C)C)NC(=O)OCC1CCCCC1)C(=O)CSCc1ccco1. The molecule has 2 amide bonds. The molecule has 1 aliphatic rings. The maximum atomic E-state index is 13.1. The van der Waals surface area contributed by atoms with E-state index in [1.54, 1.807) is 6.26 Å². The Morgan fingerprint density at radius 2 is 1.91 bits per heavy atom. The highest BCUT2D eigenvalue weighted by Crippen LogP contribution is 2.23. The lowest BCUT2D eigenvalue weighted by Gasteiger charge is -2.25. The van der Waals surface area contributed by atoms with Crippen LogP contribution in [0.15, 0.2) is 22.8 Å². The van der Waals surface area contributed by atoms with Gasteiger partial charge in [-0.3, -0.25) is 9.59 Å². The first-order valence-corrected chi connectivity index (χ1v) is 13.9. The van der Waals surface area contributed by atoms with Gasteiger partial charge in [0.15, 0.2) is 5.78 Å². The van der Waals surface area contributed by atoms with E-state index in [2.05, 4.69) is 17.6 Å². The molecule has 1 aliphatic carbocycles. The van der Waals surface area contributed by atoms with Crippen molar-refractivity contribution in [1.82, 2.24) is 10.6 Å². The van der Waals surface area contributed by atoms with Gasteiger partial charge in [-0.25, -0.2) is 4.79 Å². The average Bonchev–Trinajstić information content (AvgIpc) is 3.33. The molecule has 1 aromatic heterocycles. The summed E-state index contributed by atoms with van der Waals surface area (Å²) in [6.45, 7) is 6.45. The van der Waals surface area contributed by atoms with Gasteiger partial charge in [-0.1, -0.05) is 52.9 Å². The normalized spacial score (nSPS) is 16.1. The topological polar surface area (TPSA) is 97.6 Å². The van der Waals surface area contributed by atoms with E-state index in [1.165, 1.54) is 31.0 Å². The molecule has 1 heterocycles. The number of carbonyl (C=O) groups is 3. The first-order valence-electron chi connectivity index (χ1n) is 12.8. The summed E-state index contributed by atoms with van der Waals surface area (Å²) in [5.41, 5.74) is 0. The largest absolute Gasteiger partial charge is 0.468 e. The van der Waals surface area contributed by atoms with Gasteiger partial charge in [0, 0.05) is 0 Å². The number of unbranched alkanes of at least 4 members (excludes halogenated alkanes) is 1. The van der Waals surface area contributed by atoms with Crippen molar-refractivity contribution in [2.75, 3.05) is 12.4 Å². The molecular weight excluding hydrogens is 452 g/mol. The molecule has 2 unspecified atom stereocenters. The number of amides is 2. The molecule has 0 aromatic carbocycles. The molecule has 1 fully saturated rings. The highest BCUT2D eigenvalue weighted by molar-refractivity contribution is 7.99. The molecule has 2 atom stereocenters. The predicted octanol–water partition coefficient (Wildman–Crippen LogP) is 5.48. The van der Waals surface area contributed by atoms with Crippen molar-refractivity contribution in [2.24, 2.45) is 11.8 Å². The third-order valence-electron chi connectivity index (χ3n) is 6.11. The molecular formula is C26H42N2O5S. The molecule has 1 aromatic rings. The van der Waals surface area contributed by atoms with Gasteiger partial charge < -0.3 is 19.8 Å². The van der Waals surface area contributed by atoms with E-state index in [-0.39, 0.29) is 17.6 Å². The maximum Gasteiger partial charge on any atom is 0.407 e. The number of hydrogen-bond acceptors (Lipinski definition) is 6. The van der Waals surface area contributed by atoms with E-state index < -0.39 is 18.2 Å². The smallest absolute Gasteiger partial charge is 0.407 e. The van der Waals surface area contributed by atoms with Crippen LogP contribution in [0.3, 0.4) is 0 Å². The van der Waals surface area contributed by atoms with Gasteiger partial charge in [0.25, 0.3) is 0 Å². The summed E-state index contributed by atoms with van der Waals surface area (Å²) in [6, 6.07) is 2.41. The fraction of sp³-hybridized carbons (Fsp3) is 0.731. The molecule has 2 N–H and O–H groups in total. The molecule has 0 radical (unpaired) electrons. The number of carbonyl (C=O) groups excluding carboxylic acids is 3. The van der Waals surface area contributed by atoms with Crippen LogP contribution in [0.4, 0.5) is 4.79 Å². The zero-order valence-corrected chi connectivity index (χ0v) is 21.8. The summed E-state index contributed by atoms with van der Waals surface area (Å²) in [7, 11) is 0. The van der Waals surface area contributed by atoms with Crippen LogP contribution >= 0.6 is 11.8 Å². The molecule has 1 saturated carbocycles. The molecule has 0 aliphatic heterocycles. The van der Waals surface area contributed by atoms with Crippen LogP contribution in [-0.2, 0) is 20.1 Å². The molecule has 192 valence electrons. The van der Waals surface area contributed by atoms with Gasteiger partial charge in [0.1, 0.15) is 11.8 Å². The molecule has 34 heavy (non-hydrogen) atoms. The van der Waals surface area contributed by atoms with E-state index >= 15 is 0 Å². The van der Waals surface area contributed by atoms with E-state index in [9.17, 15) is 14.4 Å². The minimum atomic E-state index is -0.730. The van der Waals surface area contributed by atoms with Gasteiger partial charge >= 0.3 is 6.09 Å². The van der Waals surface area contributed by atoms with Crippen LogP contribution in [-0.4, -0.2) is 42.2 Å². The highest BCUT2D eigenvalue weighted by Gasteiger charge is 2.28. The second-order valence-corrected chi connectivity index (χ2v) is 10.7. The van der Waals surface area contributed by atoms with E-state index in [4.69, 9.17) is 9.15 Å². The fourth-order valence-corrected chi connectivity index (χ4v) is 5.05. The van der Waals surface area contributed by atoms with Crippen molar-refractivity contribution in [2.45, 2.75) is 96.4 Å². The highest BCUT2D eigenvalue weighted by atomic mass is 32.2. The zero-order chi connectivity index (χ0) is 24.8. The number of nitrogens with one attached hydrogen (secondary N) is 2. The van der Waals surface area contributed by atoms with Crippen molar-refractivity contribution in [3.8, 4) is 0 Å². The number of ether oxygens (including phenoxy) is 1. The van der Waals surface area contributed by atoms with Gasteiger partial charge in [0.2, 0.25) is 5.91 Å². The van der Waals surface area contributed by atoms with Gasteiger partial charge in [-0.15, -0.1) is 11.8 Å². The molecule has 2 rings (SSSR count). The summed E-state index contributed by atoms with van der Waals surface area (Å²) in [4.78, 5) is 38.4. The number of ketones is 1. The van der Waals surface area contributed by atoms with Crippen LogP contribution in [0.5, 0.6) is 0 Å². The summed E-state index contributed by atoms with van der Waals surface area (Å²) in [5.74, 6) is 1.99. The quantitative estimate of drug-likeness (QED) is 0.335. The van der Waals surface area contributed by atoms with Crippen molar-refractivity contribution in [1.29, 1.82) is 0 Å². The second-order valence-electron chi connectivity index (χ2n) is 9.67. The van der Waals surface area contributed by atoms with Crippen molar-refractivity contribution in [3.63, 3.8) is 0 Å². The van der Waals surface area contributed by atoms with E-state index in [0.717, 1.165) is 31.4 Å². The predicted molar refractivity (Wildman–Crippen MR) is 136 cm³/mol. The lowest BCUT2D eigenvalue weighted by Crippen LogP contribution is -2.52. The number of hydrogen-bond donors (Lipinski definition) is 2. The number of furan rings is 1. The van der Waals surface area contributed by atoms with Crippen LogP contribution in [0.1, 0.15) is 84.3 Å². The molecule has 0 bridgehead atoms. The number of thioether (sulfide) groups is 1. The van der Waals surface area contributed by atoms with Gasteiger partial charge in [-0.05, 0) is 49.7 Å². The number of Topliss-reactive ketones (excluding diaryl/α,β-unsaturated/α-hetero) is 1. The first kappa shape index (κ1) is 28.3. The molecule has 0 saturated heterocycles. The van der Waals surface area contributed by atoms with Gasteiger partial charge in [-0.2, -0.15) is 0 Å². The Bertz CT molecular complexity index is 732. The van der Waals surface area contributed by atoms with Crippen molar-refractivity contribution >= 4 is 29.5 Å². The Morgan fingerprint density at radius 1 is 1.15 bits per heavy atom. The fourth-order valence-electron chi connectivity index (χ4n) is 4.18. The lowest BCUT2D eigenvalue weighted by molar-refractivity contribution is -0.128. The lowest BCUT2D eigenvalue weighted by atomic mass is 9.90. The van der Waals surface area contributed by atoms with E-state index in [1.807, 2.05) is 26.0 Å². The van der Waals surface area contributed by atoms with Crippen molar-refractivity contribution < 1.29 is 23.5 Å². The monoisotopic (exact) mass is 494 g/mol. The van der Waals surface area contributed by atoms with Crippen LogP contribution in [0.2, 0.25) is 0 Å². The number of rotatable bonds is 15. The third kappa shape index (κ3) is 11.0. The Morgan fingerprint density at radius 3 is 2.56 bits per heavy atom. The Kier molecular flexibility index (Phi) is 13.2. The summed E-state index contributed by atoms with van der Waals surface area (Å²) >= 11 is 1.47. The van der Waals surface area contributed by atoms with E-state index in [0.29, 0.717) is 36.9 Å².